The number of hydrogen-bond acceptors (Lipinski definition) is 5. The van der Waals surface area contributed by atoms with Gasteiger partial charge in [0.15, 0.2) is 0 Å². The number of pyridine rings is 2. The fraction of sp³-hybridized carbons (Fsp3) is 0.250. The van der Waals surface area contributed by atoms with Crippen molar-refractivity contribution >= 4 is 16.8 Å². The first-order chi connectivity index (χ1) is 12.8. The monoisotopic (exact) mass is 349 g/mol. The summed E-state index contributed by atoms with van der Waals surface area (Å²) in [6.07, 6.45) is 3.49. The molecule has 1 saturated heterocycles. The smallest absolute Gasteiger partial charge is 0.254 e. The number of methoxy groups -OCH3 is 1. The summed E-state index contributed by atoms with van der Waals surface area (Å²) in [4.78, 5) is 23.2. The number of rotatable bonds is 3. The standard InChI is InChI=1S/C20H19N3O3/c1-25-19-13-16(14-4-6-21-7-5-14)17-12-15(2-3-18(17)22-19)20(24)23-8-10-26-11-9-23/h2-7,12-13H,8-11H2,1H3. The van der Waals surface area contributed by atoms with E-state index < -0.39 is 0 Å². The molecule has 0 radical (unpaired) electrons. The van der Waals surface area contributed by atoms with Gasteiger partial charge in [-0.05, 0) is 41.5 Å². The van der Waals surface area contributed by atoms with Crippen molar-refractivity contribution in [1.29, 1.82) is 0 Å². The molecule has 26 heavy (non-hydrogen) atoms. The fourth-order valence-electron chi connectivity index (χ4n) is 3.16. The minimum Gasteiger partial charge on any atom is -0.481 e. The van der Waals surface area contributed by atoms with Crippen molar-refractivity contribution in [1.82, 2.24) is 14.9 Å². The highest BCUT2D eigenvalue weighted by Gasteiger charge is 2.19. The number of carbonyl (C=O) groups is 1. The van der Waals surface area contributed by atoms with Gasteiger partial charge in [0, 0.05) is 42.5 Å². The van der Waals surface area contributed by atoms with Crippen molar-refractivity contribution in [3.8, 4) is 17.0 Å². The van der Waals surface area contributed by atoms with Gasteiger partial charge in [-0.2, -0.15) is 0 Å². The molecule has 0 atom stereocenters. The molecule has 1 aliphatic rings. The number of hydrogen-bond donors (Lipinski definition) is 0. The topological polar surface area (TPSA) is 64.5 Å². The molecule has 3 heterocycles. The van der Waals surface area contributed by atoms with Gasteiger partial charge >= 0.3 is 0 Å². The fourth-order valence-corrected chi connectivity index (χ4v) is 3.16. The number of aromatic nitrogens is 2. The molecular formula is C20H19N3O3. The Hall–Kier alpha value is -2.99. The van der Waals surface area contributed by atoms with Gasteiger partial charge in [0.1, 0.15) is 0 Å². The Balaban J connectivity index is 1.82. The third-order valence-electron chi connectivity index (χ3n) is 4.53. The molecule has 1 aliphatic heterocycles. The maximum Gasteiger partial charge on any atom is 0.254 e. The molecular weight excluding hydrogens is 330 g/mol. The van der Waals surface area contributed by atoms with Crippen molar-refractivity contribution < 1.29 is 14.3 Å². The number of amides is 1. The second kappa shape index (κ2) is 7.09. The molecule has 132 valence electrons. The summed E-state index contributed by atoms with van der Waals surface area (Å²) in [5, 5.41) is 0.913. The summed E-state index contributed by atoms with van der Waals surface area (Å²) in [7, 11) is 1.60. The average molecular weight is 349 g/mol. The van der Waals surface area contributed by atoms with Gasteiger partial charge < -0.3 is 14.4 Å². The molecule has 0 spiro atoms. The van der Waals surface area contributed by atoms with E-state index >= 15 is 0 Å². The molecule has 4 rings (SSSR count). The van der Waals surface area contributed by atoms with E-state index in [1.807, 2.05) is 41.3 Å². The lowest BCUT2D eigenvalue weighted by Crippen LogP contribution is -2.40. The Morgan fingerprint density at radius 3 is 2.62 bits per heavy atom. The molecule has 0 aliphatic carbocycles. The van der Waals surface area contributed by atoms with Crippen molar-refractivity contribution in [2.24, 2.45) is 0 Å². The molecule has 3 aromatic rings. The number of nitrogens with zero attached hydrogens (tertiary/aromatic N) is 3. The Morgan fingerprint density at radius 1 is 1.12 bits per heavy atom. The SMILES string of the molecule is COc1cc(-c2ccncc2)c2cc(C(=O)N3CCOCC3)ccc2n1. The van der Waals surface area contributed by atoms with Crippen LogP contribution < -0.4 is 4.74 Å². The van der Waals surface area contributed by atoms with Crippen molar-refractivity contribution in [3.63, 3.8) is 0 Å². The summed E-state index contributed by atoms with van der Waals surface area (Å²) < 4.78 is 10.7. The molecule has 6 nitrogen and oxygen atoms in total. The maximum absolute atomic E-state index is 12.8. The highest BCUT2D eigenvalue weighted by atomic mass is 16.5. The third kappa shape index (κ3) is 3.11. The molecule has 0 saturated carbocycles. The highest BCUT2D eigenvalue weighted by Crippen LogP contribution is 2.31. The van der Waals surface area contributed by atoms with E-state index in [0.29, 0.717) is 37.7 Å². The molecule has 1 amide bonds. The van der Waals surface area contributed by atoms with Crippen molar-refractivity contribution in [2.75, 3.05) is 33.4 Å². The van der Waals surface area contributed by atoms with E-state index in [1.54, 1.807) is 19.5 Å². The van der Waals surface area contributed by atoms with E-state index in [0.717, 1.165) is 22.0 Å². The lowest BCUT2D eigenvalue weighted by molar-refractivity contribution is 0.0303. The van der Waals surface area contributed by atoms with E-state index in [1.165, 1.54) is 0 Å². The van der Waals surface area contributed by atoms with Gasteiger partial charge in [-0.25, -0.2) is 4.98 Å². The first-order valence-electron chi connectivity index (χ1n) is 8.52. The van der Waals surface area contributed by atoms with Crippen LogP contribution in [0.15, 0.2) is 48.8 Å². The van der Waals surface area contributed by atoms with Gasteiger partial charge in [-0.3, -0.25) is 9.78 Å². The normalized spacial score (nSPS) is 14.4. The summed E-state index contributed by atoms with van der Waals surface area (Å²) in [5.41, 5.74) is 3.41. The van der Waals surface area contributed by atoms with Crippen LogP contribution in [0.25, 0.3) is 22.0 Å². The zero-order valence-electron chi connectivity index (χ0n) is 14.5. The van der Waals surface area contributed by atoms with Crippen LogP contribution in [0.5, 0.6) is 5.88 Å². The van der Waals surface area contributed by atoms with Crippen LogP contribution in [0.4, 0.5) is 0 Å². The summed E-state index contributed by atoms with van der Waals surface area (Å²) in [6.45, 7) is 2.41. The van der Waals surface area contributed by atoms with Gasteiger partial charge in [-0.1, -0.05) is 0 Å². The molecule has 6 heteroatoms. The first kappa shape index (κ1) is 16.5. The minimum atomic E-state index is 0.0201. The lowest BCUT2D eigenvalue weighted by atomic mass is 10.00. The molecule has 0 N–H and O–H groups in total. The van der Waals surface area contributed by atoms with E-state index in [-0.39, 0.29) is 5.91 Å². The second-order valence-corrected chi connectivity index (χ2v) is 6.08. The maximum atomic E-state index is 12.8. The number of ether oxygens (including phenoxy) is 2. The Kier molecular flexibility index (Phi) is 4.50. The van der Waals surface area contributed by atoms with E-state index in [4.69, 9.17) is 9.47 Å². The van der Waals surface area contributed by atoms with Crippen LogP contribution in [0.2, 0.25) is 0 Å². The van der Waals surface area contributed by atoms with Crippen molar-refractivity contribution in [2.45, 2.75) is 0 Å². The minimum absolute atomic E-state index is 0.0201. The molecule has 1 fully saturated rings. The van der Waals surface area contributed by atoms with Crippen LogP contribution in [-0.4, -0.2) is 54.2 Å². The van der Waals surface area contributed by atoms with Crippen LogP contribution in [0, 0.1) is 0 Å². The zero-order chi connectivity index (χ0) is 17.9. The van der Waals surface area contributed by atoms with Gasteiger partial charge in [0.05, 0.1) is 25.8 Å². The number of fused-ring (bicyclic) bond motifs is 1. The summed E-state index contributed by atoms with van der Waals surface area (Å²) >= 11 is 0. The van der Waals surface area contributed by atoms with Crippen LogP contribution in [-0.2, 0) is 4.74 Å². The highest BCUT2D eigenvalue weighted by molar-refractivity contribution is 6.02. The Morgan fingerprint density at radius 2 is 1.88 bits per heavy atom. The summed E-state index contributed by atoms with van der Waals surface area (Å²) in [5.74, 6) is 0.559. The lowest BCUT2D eigenvalue weighted by Gasteiger charge is -2.27. The van der Waals surface area contributed by atoms with Gasteiger partial charge in [-0.15, -0.1) is 0 Å². The first-order valence-corrected chi connectivity index (χ1v) is 8.52. The zero-order valence-corrected chi connectivity index (χ0v) is 14.5. The molecule has 0 unspecified atom stereocenters. The Bertz CT molecular complexity index is 938. The quantitative estimate of drug-likeness (QED) is 0.727. The van der Waals surface area contributed by atoms with Gasteiger partial charge in [0.2, 0.25) is 5.88 Å². The largest absolute Gasteiger partial charge is 0.481 e. The predicted octanol–water partition coefficient (Wildman–Crippen LogP) is 2.78. The molecule has 2 aromatic heterocycles. The second-order valence-electron chi connectivity index (χ2n) is 6.08. The van der Waals surface area contributed by atoms with Crippen LogP contribution >= 0.6 is 0 Å². The number of morpholine rings is 1. The van der Waals surface area contributed by atoms with Crippen LogP contribution in [0.3, 0.4) is 0 Å². The average Bonchev–Trinajstić information content (AvgIpc) is 2.73. The third-order valence-corrected chi connectivity index (χ3v) is 4.53. The molecule has 1 aromatic carbocycles. The Labute approximate surface area is 151 Å². The van der Waals surface area contributed by atoms with E-state index in [2.05, 4.69) is 9.97 Å². The number of carbonyl (C=O) groups excluding carboxylic acids is 1. The van der Waals surface area contributed by atoms with Crippen LogP contribution in [0.1, 0.15) is 10.4 Å². The predicted molar refractivity (Wildman–Crippen MR) is 98.2 cm³/mol. The summed E-state index contributed by atoms with van der Waals surface area (Å²) in [6, 6.07) is 11.4. The number of benzene rings is 1. The van der Waals surface area contributed by atoms with Crippen molar-refractivity contribution in [3.05, 3.63) is 54.4 Å². The molecule has 0 bridgehead atoms. The van der Waals surface area contributed by atoms with E-state index in [9.17, 15) is 4.79 Å². The van der Waals surface area contributed by atoms with Gasteiger partial charge in [0.25, 0.3) is 5.91 Å².